The lowest BCUT2D eigenvalue weighted by Crippen LogP contribution is -2.34. The molecule has 1 heterocycles. The number of non-ortho nitro benzene ring substituents is 1. The van der Waals surface area contributed by atoms with E-state index in [9.17, 15) is 10.1 Å². The lowest BCUT2D eigenvalue weighted by Gasteiger charge is -2.29. The molecule has 5 nitrogen and oxygen atoms in total. The van der Waals surface area contributed by atoms with Crippen LogP contribution in [0.1, 0.15) is 37.3 Å². The van der Waals surface area contributed by atoms with Crippen LogP contribution in [-0.2, 0) is 0 Å². The number of hydrogen-bond acceptors (Lipinski definition) is 4. The number of nitro benzene ring substituents is 1. The predicted molar refractivity (Wildman–Crippen MR) is 74.9 cm³/mol. The maximum atomic E-state index is 10.9. The molecule has 1 aliphatic rings. The molecule has 1 atom stereocenters. The van der Waals surface area contributed by atoms with Crippen molar-refractivity contribution in [3.63, 3.8) is 0 Å². The van der Waals surface area contributed by atoms with Crippen molar-refractivity contribution >= 4 is 5.69 Å². The van der Waals surface area contributed by atoms with Crippen LogP contribution in [0.4, 0.5) is 5.69 Å². The lowest BCUT2D eigenvalue weighted by atomic mass is 10.0. The first-order valence-corrected chi connectivity index (χ1v) is 6.91. The first kappa shape index (κ1) is 14.0. The minimum absolute atomic E-state index is 0.0954. The second-order valence-electron chi connectivity index (χ2n) is 5.05. The third-order valence-electron chi connectivity index (χ3n) is 3.77. The van der Waals surface area contributed by atoms with Crippen molar-refractivity contribution in [2.24, 2.45) is 5.73 Å². The number of nitrogens with two attached hydrogens (primary N) is 1. The number of benzene rings is 1. The maximum absolute atomic E-state index is 10.9. The molecule has 0 aliphatic carbocycles. The standard InChI is InChI=1S/C14H21N3O2/c15-11-14(16-8-3-1-2-4-9-16)12-6-5-7-13(10-12)17(18)19/h5-7,10,14H,1-4,8-9,11,15H2. The average molecular weight is 263 g/mol. The van der Waals surface area contributed by atoms with Crippen LogP contribution in [0.3, 0.4) is 0 Å². The highest BCUT2D eigenvalue weighted by Crippen LogP contribution is 2.25. The summed E-state index contributed by atoms with van der Waals surface area (Å²) in [5, 5.41) is 10.9. The maximum Gasteiger partial charge on any atom is 0.269 e. The molecule has 104 valence electrons. The Bertz CT molecular complexity index is 428. The normalized spacial score (nSPS) is 18.8. The summed E-state index contributed by atoms with van der Waals surface area (Å²) in [5.74, 6) is 0. The summed E-state index contributed by atoms with van der Waals surface area (Å²) in [6.07, 6.45) is 4.91. The Morgan fingerprint density at radius 1 is 1.26 bits per heavy atom. The Balaban J connectivity index is 2.20. The molecule has 0 amide bonds. The fourth-order valence-corrected chi connectivity index (χ4v) is 2.75. The van der Waals surface area contributed by atoms with E-state index < -0.39 is 0 Å². The molecule has 1 unspecified atom stereocenters. The monoisotopic (exact) mass is 263 g/mol. The Hall–Kier alpha value is -1.46. The largest absolute Gasteiger partial charge is 0.329 e. The minimum Gasteiger partial charge on any atom is -0.329 e. The van der Waals surface area contributed by atoms with Gasteiger partial charge in [-0.15, -0.1) is 0 Å². The van der Waals surface area contributed by atoms with Crippen molar-refractivity contribution in [1.82, 2.24) is 4.90 Å². The van der Waals surface area contributed by atoms with Crippen molar-refractivity contribution < 1.29 is 4.92 Å². The van der Waals surface area contributed by atoms with E-state index in [1.54, 1.807) is 12.1 Å². The van der Waals surface area contributed by atoms with Gasteiger partial charge in [-0.3, -0.25) is 15.0 Å². The Kier molecular flexibility index (Phi) is 4.87. The number of likely N-dealkylation sites (tertiary alicyclic amines) is 1. The first-order chi connectivity index (χ1) is 9.22. The van der Waals surface area contributed by atoms with Gasteiger partial charge in [-0.2, -0.15) is 0 Å². The van der Waals surface area contributed by atoms with Crippen LogP contribution in [-0.4, -0.2) is 29.5 Å². The topological polar surface area (TPSA) is 72.4 Å². The number of nitrogens with zero attached hydrogens (tertiary/aromatic N) is 2. The van der Waals surface area contributed by atoms with Gasteiger partial charge < -0.3 is 5.73 Å². The minimum atomic E-state index is -0.348. The molecule has 0 aromatic heterocycles. The average Bonchev–Trinajstić information content (AvgIpc) is 2.69. The van der Waals surface area contributed by atoms with E-state index in [1.807, 2.05) is 6.07 Å². The van der Waals surface area contributed by atoms with Crippen molar-refractivity contribution in [3.8, 4) is 0 Å². The van der Waals surface area contributed by atoms with E-state index in [-0.39, 0.29) is 16.7 Å². The highest BCUT2D eigenvalue weighted by Gasteiger charge is 2.21. The van der Waals surface area contributed by atoms with Crippen LogP contribution in [0.5, 0.6) is 0 Å². The molecular formula is C14H21N3O2. The molecule has 1 aliphatic heterocycles. The predicted octanol–water partition coefficient (Wildman–Crippen LogP) is 2.47. The van der Waals surface area contributed by atoms with Gasteiger partial charge in [0.25, 0.3) is 5.69 Å². The Labute approximate surface area is 113 Å². The van der Waals surface area contributed by atoms with E-state index in [0.29, 0.717) is 6.54 Å². The van der Waals surface area contributed by atoms with Gasteiger partial charge in [0.05, 0.1) is 4.92 Å². The Morgan fingerprint density at radius 3 is 2.53 bits per heavy atom. The molecule has 5 heteroatoms. The number of rotatable bonds is 4. The summed E-state index contributed by atoms with van der Waals surface area (Å²) >= 11 is 0. The lowest BCUT2D eigenvalue weighted by molar-refractivity contribution is -0.384. The molecular weight excluding hydrogens is 242 g/mol. The van der Waals surface area contributed by atoms with Gasteiger partial charge in [0.2, 0.25) is 0 Å². The Morgan fingerprint density at radius 2 is 1.95 bits per heavy atom. The van der Waals surface area contributed by atoms with Gasteiger partial charge in [0.15, 0.2) is 0 Å². The van der Waals surface area contributed by atoms with Crippen LogP contribution in [0, 0.1) is 10.1 Å². The van der Waals surface area contributed by atoms with Crippen LogP contribution in [0.2, 0.25) is 0 Å². The molecule has 1 fully saturated rings. The molecule has 2 N–H and O–H groups in total. The second-order valence-corrected chi connectivity index (χ2v) is 5.05. The zero-order chi connectivity index (χ0) is 13.7. The summed E-state index contributed by atoms with van der Waals surface area (Å²) in [5.41, 5.74) is 7.00. The molecule has 2 rings (SSSR count). The van der Waals surface area contributed by atoms with Gasteiger partial charge in [-0.25, -0.2) is 0 Å². The van der Waals surface area contributed by atoms with Gasteiger partial charge >= 0.3 is 0 Å². The van der Waals surface area contributed by atoms with Crippen molar-refractivity contribution in [1.29, 1.82) is 0 Å². The third-order valence-corrected chi connectivity index (χ3v) is 3.77. The van der Waals surface area contributed by atoms with E-state index in [4.69, 9.17) is 5.73 Å². The van der Waals surface area contributed by atoms with Crippen LogP contribution in [0.25, 0.3) is 0 Å². The molecule has 0 spiro atoms. The molecule has 0 bridgehead atoms. The highest BCUT2D eigenvalue weighted by molar-refractivity contribution is 5.36. The zero-order valence-electron chi connectivity index (χ0n) is 11.1. The van der Waals surface area contributed by atoms with Gasteiger partial charge in [-0.05, 0) is 31.5 Å². The molecule has 0 saturated carbocycles. The van der Waals surface area contributed by atoms with E-state index >= 15 is 0 Å². The number of hydrogen-bond donors (Lipinski definition) is 1. The van der Waals surface area contributed by atoms with Crippen LogP contribution in [0.15, 0.2) is 24.3 Å². The van der Waals surface area contributed by atoms with Gasteiger partial charge in [-0.1, -0.05) is 25.0 Å². The van der Waals surface area contributed by atoms with Crippen molar-refractivity contribution in [2.75, 3.05) is 19.6 Å². The fraction of sp³-hybridized carbons (Fsp3) is 0.571. The number of nitro groups is 1. The summed E-state index contributed by atoms with van der Waals surface area (Å²) < 4.78 is 0. The molecule has 1 aromatic rings. The smallest absolute Gasteiger partial charge is 0.269 e. The molecule has 19 heavy (non-hydrogen) atoms. The quantitative estimate of drug-likeness (QED) is 0.669. The summed E-state index contributed by atoms with van der Waals surface area (Å²) in [4.78, 5) is 12.9. The van der Waals surface area contributed by atoms with Crippen molar-refractivity contribution in [2.45, 2.75) is 31.7 Å². The summed E-state index contributed by atoms with van der Waals surface area (Å²) in [6.45, 7) is 2.57. The third kappa shape index (κ3) is 3.52. The molecule has 0 radical (unpaired) electrons. The van der Waals surface area contributed by atoms with Crippen molar-refractivity contribution in [3.05, 3.63) is 39.9 Å². The zero-order valence-corrected chi connectivity index (χ0v) is 11.1. The summed E-state index contributed by atoms with van der Waals surface area (Å²) in [6, 6.07) is 6.96. The fourth-order valence-electron chi connectivity index (χ4n) is 2.75. The van der Waals surface area contributed by atoms with Gasteiger partial charge in [0, 0.05) is 24.7 Å². The highest BCUT2D eigenvalue weighted by atomic mass is 16.6. The van der Waals surface area contributed by atoms with E-state index in [2.05, 4.69) is 4.90 Å². The second kappa shape index (κ2) is 6.63. The van der Waals surface area contributed by atoms with Gasteiger partial charge in [0.1, 0.15) is 0 Å². The first-order valence-electron chi connectivity index (χ1n) is 6.91. The molecule has 1 saturated heterocycles. The van der Waals surface area contributed by atoms with E-state index in [1.165, 1.54) is 31.7 Å². The molecule has 1 aromatic carbocycles. The SMILES string of the molecule is NCC(c1cccc([N+](=O)[O-])c1)N1CCCCCC1. The summed E-state index contributed by atoms with van der Waals surface area (Å²) in [7, 11) is 0. The van der Waals surface area contributed by atoms with Crippen LogP contribution >= 0.6 is 0 Å². The van der Waals surface area contributed by atoms with E-state index in [0.717, 1.165) is 18.7 Å². The van der Waals surface area contributed by atoms with Crippen LogP contribution < -0.4 is 5.73 Å².